The predicted molar refractivity (Wildman–Crippen MR) is 133 cm³/mol. The van der Waals surface area contributed by atoms with E-state index in [0.29, 0.717) is 22.3 Å². The quantitative estimate of drug-likeness (QED) is 0.439. The van der Waals surface area contributed by atoms with Crippen molar-refractivity contribution in [2.75, 3.05) is 5.32 Å². The molecule has 9 heteroatoms. The van der Waals surface area contributed by atoms with Crippen molar-refractivity contribution in [1.82, 2.24) is 14.2 Å². The lowest BCUT2D eigenvalue weighted by Gasteiger charge is -2.39. The Bertz CT molecular complexity index is 1310. The number of primary amides is 1. The monoisotopic (exact) mass is 466 g/mol. The lowest BCUT2D eigenvalue weighted by molar-refractivity contribution is 0.0604. The molecule has 1 aliphatic rings. The molecule has 0 aliphatic heterocycles. The lowest BCUT2D eigenvalue weighted by Crippen LogP contribution is -2.51. The van der Waals surface area contributed by atoms with Crippen LogP contribution in [0, 0.1) is 5.41 Å². The summed E-state index contributed by atoms with van der Waals surface area (Å²) in [4.78, 5) is 24.9. The molecule has 0 bridgehead atoms. The lowest BCUT2D eigenvalue weighted by atomic mass is 9.75. The molecule has 1 aliphatic carbocycles. The van der Waals surface area contributed by atoms with Gasteiger partial charge in [0.25, 0.3) is 11.5 Å². The number of hydrogen-bond acceptors (Lipinski definition) is 6. The van der Waals surface area contributed by atoms with Crippen molar-refractivity contribution in [1.29, 1.82) is 0 Å². The average Bonchev–Trinajstić information content (AvgIpc) is 3.23. The van der Waals surface area contributed by atoms with E-state index in [1.165, 1.54) is 16.8 Å². The molecule has 1 saturated carbocycles. The van der Waals surface area contributed by atoms with E-state index in [-0.39, 0.29) is 29.1 Å². The summed E-state index contributed by atoms with van der Waals surface area (Å²) in [5, 5.41) is 18.0. The SMILES string of the molecule is CC(C)(O)Cn1ccc(-c2cc3c(NC4CCC(C)(N)C4(C)C)c(C(N)=O)cnn3c2)cc1=O. The maximum Gasteiger partial charge on any atom is 0.252 e. The summed E-state index contributed by atoms with van der Waals surface area (Å²) in [6.45, 7) is 9.82. The van der Waals surface area contributed by atoms with Crippen LogP contribution in [0.15, 0.2) is 41.6 Å². The molecule has 182 valence electrons. The number of anilines is 1. The zero-order valence-electron chi connectivity index (χ0n) is 20.4. The van der Waals surface area contributed by atoms with E-state index < -0.39 is 11.5 Å². The molecule has 3 aromatic rings. The van der Waals surface area contributed by atoms with Crippen molar-refractivity contribution in [3.05, 3.63) is 52.7 Å². The van der Waals surface area contributed by atoms with Gasteiger partial charge in [0.15, 0.2) is 0 Å². The van der Waals surface area contributed by atoms with Crippen LogP contribution >= 0.6 is 0 Å². The Kier molecular flexibility index (Phi) is 5.61. The normalized spacial score (nSPS) is 22.3. The summed E-state index contributed by atoms with van der Waals surface area (Å²) in [5.41, 5.74) is 13.6. The third kappa shape index (κ3) is 4.21. The van der Waals surface area contributed by atoms with E-state index in [9.17, 15) is 14.7 Å². The fourth-order valence-electron chi connectivity index (χ4n) is 4.74. The van der Waals surface area contributed by atoms with Crippen LogP contribution in [0.25, 0.3) is 16.6 Å². The highest BCUT2D eigenvalue weighted by Crippen LogP contribution is 2.46. The summed E-state index contributed by atoms with van der Waals surface area (Å²) < 4.78 is 3.15. The molecule has 0 aromatic carbocycles. The maximum absolute atomic E-state index is 12.6. The van der Waals surface area contributed by atoms with Crippen molar-refractivity contribution >= 4 is 17.1 Å². The molecule has 0 spiro atoms. The number of hydrogen-bond donors (Lipinski definition) is 4. The first-order chi connectivity index (χ1) is 15.7. The van der Waals surface area contributed by atoms with E-state index in [4.69, 9.17) is 11.5 Å². The fraction of sp³-hybridized carbons (Fsp3) is 0.480. The first-order valence-electron chi connectivity index (χ1n) is 11.5. The van der Waals surface area contributed by atoms with Crippen molar-refractivity contribution in [2.45, 2.75) is 71.2 Å². The third-order valence-electron chi connectivity index (χ3n) is 7.40. The van der Waals surface area contributed by atoms with Gasteiger partial charge in [-0.2, -0.15) is 5.10 Å². The van der Waals surface area contributed by atoms with Gasteiger partial charge in [-0.3, -0.25) is 9.59 Å². The smallest absolute Gasteiger partial charge is 0.252 e. The molecular formula is C25H34N6O3. The molecule has 6 N–H and O–H groups in total. The summed E-state index contributed by atoms with van der Waals surface area (Å²) in [5.74, 6) is -0.569. The second kappa shape index (κ2) is 7.95. The van der Waals surface area contributed by atoms with Crippen molar-refractivity contribution in [3.63, 3.8) is 0 Å². The van der Waals surface area contributed by atoms with Crippen molar-refractivity contribution in [2.24, 2.45) is 16.9 Å². The largest absolute Gasteiger partial charge is 0.389 e. The van der Waals surface area contributed by atoms with Crippen LogP contribution in [-0.4, -0.2) is 42.4 Å². The summed E-state index contributed by atoms with van der Waals surface area (Å²) in [6.07, 6.45) is 6.67. The number of nitrogens with one attached hydrogen (secondary N) is 1. The summed E-state index contributed by atoms with van der Waals surface area (Å²) in [6, 6.07) is 5.28. The minimum absolute atomic E-state index is 0.0379. The molecule has 0 saturated heterocycles. The number of nitrogens with two attached hydrogens (primary N) is 2. The van der Waals surface area contributed by atoms with Gasteiger partial charge in [0.05, 0.1) is 35.1 Å². The number of carbonyl (C=O) groups excluding carboxylic acids is 1. The number of fused-ring (bicyclic) bond motifs is 1. The number of carbonyl (C=O) groups is 1. The Morgan fingerprint density at radius 1 is 1.29 bits per heavy atom. The Labute approximate surface area is 198 Å². The van der Waals surface area contributed by atoms with E-state index >= 15 is 0 Å². The summed E-state index contributed by atoms with van der Waals surface area (Å²) >= 11 is 0. The van der Waals surface area contributed by atoms with E-state index in [1.54, 1.807) is 24.6 Å². The molecule has 9 nitrogen and oxygen atoms in total. The molecule has 2 atom stereocenters. The van der Waals surface area contributed by atoms with Crippen LogP contribution in [-0.2, 0) is 6.54 Å². The van der Waals surface area contributed by atoms with Crippen LogP contribution in [0.2, 0.25) is 0 Å². The summed E-state index contributed by atoms with van der Waals surface area (Å²) in [7, 11) is 0. The maximum atomic E-state index is 12.6. The third-order valence-corrected chi connectivity index (χ3v) is 7.40. The van der Waals surface area contributed by atoms with Crippen LogP contribution < -0.4 is 22.3 Å². The first-order valence-corrected chi connectivity index (χ1v) is 11.5. The average molecular weight is 467 g/mol. The van der Waals surface area contributed by atoms with Crippen LogP contribution in [0.1, 0.15) is 57.8 Å². The number of pyridine rings is 1. The molecule has 2 unspecified atom stereocenters. The fourth-order valence-corrected chi connectivity index (χ4v) is 4.74. The van der Waals surface area contributed by atoms with Crippen molar-refractivity contribution in [3.8, 4) is 11.1 Å². The van der Waals surface area contributed by atoms with Gasteiger partial charge < -0.3 is 26.5 Å². The van der Waals surface area contributed by atoms with Gasteiger partial charge in [-0.05, 0) is 51.3 Å². The van der Waals surface area contributed by atoms with Crippen LogP contribution in [0.4, 0.5) is 5.69 Å². The highest BCUT2D eigenvalue weighted by atomic mass is 16.3. The predicted octanol–water partition coefficient (Wildman–Crippen LogP) is 2.35. The standard InChI is InChI=1S/C25H34N6O3/c1-23(2,34)14-30-9-7-15(11-20(30)32)16-10-18-21(17(22(26)33)12-28-31(18)13-16)29-19-6-8-25(5,27)24(19,3)4/h7,9-13,19,29,34H,6,8,14,27H2,1-5H3,(H2,26,33). The van der Waals surface area contributed by atoms with Gasteiger partial charge in [0.2, 0.25) is 0 Å². The molecule has 3 aromatic heterocycles. The van der Waals surface area contributed by atoms with Crippen molar-refractivity contribution < 1.29 is 9.90 Å². The number of rotatable bonds is 6. The highest BCUT2D eigenvalue weighted by molar-refractivity contribution is 6.02. The molecule has 1 fully saturated rings. The van der Waals surface area contributed by atoms with Gasteiger partial charge in [-0.15, -0.1) is 0 Å². The molecular weight excluding hydrogens is 432 g/mol. The highest BCUT2D eigenvalue weighted by Gasteiger charge is 2.49. The van der Waals surface area contributed by atoms with Gasteiger partial charge in [-0.1, -0.05) is 13.8 Å². The number of amides is 1. The minimum atomic E-state index is -1.00. The minimum Gasteiger partial charge on any atom is -0.389 e. The van der Waals surface area contributed by atoms with E-state index in [1.807, 2.05) is 18.3 Å². The number of aliphatic hydroxyl groups is 1. The zero-order valence-corrected chi connectivity index (χ0v) is 20.4. The van der Waals surface area contributed by atoms with E-state index in [2.05, 4.69) is 31.2 Å². The van der Waals surface area contributed by atoms with Gasteiger partial charge >= 0.3 is 0 Å². The molecule has 3 heterocycles. The Balaban J connectivity index is 1.77. The van der Waals surface area contributed by atoms with Gasteiger partial charge in [-0.25, -0.2) is 4.52 Å². The molecule has 4 rings (SSSR count). The molecule has 0 radical (unpaired) electrons. The van der Waals surface area contributed by atoms with Crippen LogP contribution in [0.3, 0.4) is 0 Å². The second-order valence-electron chi connectivity index (χ2n) is 10.9. The molecule has 34 heavy (non-hydrogen) atoms. The zero-order chi connectivity index (χ0) is 25.1. The first kappa shape index (κ1) is 24.0. The Morgan fingerprint density at radius 2 is 2.00 bits per heavy atom. The second-order valence-corrected chi connectivity index (χ2v) is 10.9. The topological polar surface area (TPSA) is 141 Å². The number of nitrogens with zero attached hydrogens (tertiary/aromatic N) is 3. The number of aromatic nitrogens is 3. The van der Waals surface area contributed by atoms with E-state index in [0.717, 1.165) is 18.4 Å². The van der Waals surface area contributed by atoms with Crippen LogP contribution in [0.5, 0.6) is 0 Å². The Morgan fingerprint density at radius 3 is 2.56 bits per heavy atom. The molecule has 1 amide bonds. The van der Waals surface area contributed by atoms with Gasteiger partial charge in [0.1, 0.15) is 0 Å². The van der Waals surface area contributed by atoms with Gasteiger partial charge in [0, 0.05) is 41.0 Å². The Hall–Kier alpha value is -3.17.